The molecule has 2 N–H and O–H groups in total. The van der Waals surface area contributed by atoms with Crippen molar-refractivity contribution in [2.75, 3.05) is 0 Å². The Balaban J connectivity index is 2.09. The number of carboxylic acids is 1. The number of aromatic carboxylic acids is 1. The molecule has 0 unspecified atom stereocenters. The van der Waals surface area contributed by atoms with Crippen LogP contribution in [-0.2, 0) is 10.8 Å². The van der Waals surface area contributed by atoms with Gasteiger partial charge in [0.2, 0.25) is 0 Å². The molecule has 3 heteroatoms. The molecule has 0 heterocycles. The molecule has 0 spiro atoms. The van der Waals surface area contributed by atoms with E-state index in [1.165, 1.54) is 17.5 Å². The van der Waals surface area contributed by atoms with Crippen LogP contribution in [0, 0.1) is 12.3 Å². The molecule has 2 aromatic carbocycles. The van der Waals surface area contributed by atoms with Crippen molar-refractivity contribution in [3.05, 3.63) is 69.8 Å². The van der Waals surface area contributed by atoms with Gasteiger partial charge in [0.25, 0.3) is 0 Å². The van der Waals surface area contributed by atoms with E-state index in [4.69, 9.17) is 10.5 Å². The van der Waals surface area contributed by atoms with Crippen LogP contribution in [0.1, 0.15) is 78.7 Å². The first-order valence-corrected chi connectivity index (χ1v) is 9.11. The molecule has 0 fully saturated rings. The number of carbonyl (C=O) groups is 1. The second kappa shape index (κ2) is 6.08. The Morgan fingerprint density at radius 1 is 0.923 bits per heavy atom. The summed E-state index contributed by atoms with van der Waals surface area (Å²) in [5.74, 6) is -0.947. The molecule has 0 aromatic heterocycles. The van der Waals surface area contributed by atoms with Crippen LogP contribution >= 0.6 is 0 Å². The standard InChI is InChI=1S/C23H27NO2/c1-14-12-18-19(23(4,5)11-10-22(18,2)3)13-17(14)20(24)15-6-8-16(9-7-15)21(25)26/h6-9,12-13,24H,10-11H2,1-5H3,(H,25,26). The van der Waals surface area contributed by atoms with Crippen LogP contribution in [0.4, 0.5) is 0 Å². The van der Waals surface area contributed by atoms with E-state index in [0.717, 1.165) is 23.1 Å². The summed E-state index contributed by atoms with van der Waals surface area (Å²) in [6.07, 6.45) is 2.30. The van der Waals surface area contributed by atoms with Gasteiger partial charge in [-0.15, -0.1) is 0 Å². The van der Waals surface area contributed by atoms with Crippen molar-refractivity contribution in [1.82, 2.24) is 0 Å². The molecule has 0 atom stereocenters. The summed E-state index contributed by atoms with van der Waals surface area (Å²) in [6, 6.07) is 11.0. The Kier molecular flexibility index (Phi) is 4.30. The van der Waals surface area contributed by atoms with Gasteiger partial charge < -0.3 is 5.11 Å². The third kappa shape index (κ3) is 3.07. The van der Waals surface area contributed by atoms with E-state index in [9.17, 15) is 4.79 Å². The highest BCUT2D eigenvalue weighted by molar-refractivity contribution is 6.12. The van der Waals surface area contributed by atoms with Crippen LogP contribution < -0.4 is 0 Å². The average molecular weight is 349 g/mol. The summed E-state index contributed by atoms with van der Waals surface area (Å²) < 4.78 is 0. The van der Waals surface area contributed by atoms with Crippen molar-refractivity contribution in [2.45, 2.75) is 58.3 Å². The van der Waals surface area contributed by atoms with Gasteiger partial charge in [-0.2, -0.15) is 0 Å². The van der Waals surface area contributed by atoms with Crippen LogP contribution in [0.3, 0.4) is 0 Å². The van der Waals surface area contributed by atoms with E-state index in [0.29, 0.717) is 5.71 Å². The summed E-state index contributed by atoms with van der Waals surface area (Å²) in [5.41, 5.74) is 6.43. The fraction of sp³-hybridized carbons (Fsp3) is 0.391. The minimum atomic E-state index is -0.947. The molecular weight excluding hydrogens is 322 g/mol. The normalized spacial score (nSPS) is 17.4. The Morgan fingerprint density at radius 2 is 1.38 bits per heavy atom. The van der Waals surface area contributed by atoms with E-state index in [1.807, 2.05) is 0 Å². The number of aryl methyl sites for hydroxylation is 1. The SMILES string of the molecule is Cc1cc2c(cc1C(=N)c1ccc(C(=O)O)cc1)C(C)(C)CCC2(C)C. The maximum atomic E-state index is 11.0. The van der Waals surface area contributed by atoms with Gasteiger partial charge in [0, 0.05) is 11.1 Å². The third-order valence-electron chi connectivity index (χ3n) is 5.89. The van der Waals surface area contributed by atoms with E-state index in [1.54, 1.807) is 24.3 Å². The minimum absolute atomic E-state index is 0.0980. The van der Waals surface area contributed by atoms with E-state index in [-0.39, 0.29) is 16.4 Å². The molecule has 1 aliphatic rings. The molecular formula is C23H27NO2. The molecule has 0 saturated heterocycles. The Bertz CT molecular complexity index is 889. The average Bonchev–Trinajstić information content (AvgIpc) is 2.58. The highest BCUT2D eigenvalue weighted by Gasteiger charge is 2.37. The Labute approximate surface area is 155 Å². The second-order valence-electron chi connectivity index (χ2n) is 8.74. The number of nitrogens with one attached hydrogen (secondary N) is 1. The maximum absolute atomic E-state index is 11.0. The molecule has 0 aliphatic heterocycles. The molecule has 0 saturated carbocycles. The van der Waals surface area contributed by atoms with Crippen molar-refractivity contribution >= 4 is 11.7 Å². The number of hydrogen-bond donors (Lipinski definition) is 2. The second-order valence-corrected chi connectivity index (χ2v) is 8.74. The van der Waals surface area contributed by atoms with Crippen molar-refractivity contribution in [2.24, 2.45) is 0 Å². The predicted molar refractivity (Wildman–Crippen MR) is 106 cm³/mol. The van der Waals surface area contributed by atoms with Gasteiger partial charge in [-0.1, -0.05) is 45.9 Å². The van der Waals surface area contributed by atoms with E-state index in [2.05, 4.69) is 46.8 Å². The zero-order valence-electron chi connectivity index (χ0n) is 16.2. The van der Waals surface area contributed by atoms with Gasteiger partial charge in [0.05, 0.1) is 11.3 Å². The lowest BCUT2D eigenvalue weighted by Gasteiger charge is -2.42. The first kappa shape index (κ1) is 18.4. The van der Waals surface area contributed by atoms with Crippen LogP contribution in [0.15, 0.2) is 36.4 Å². The smallest absolute Gasteiger partial charge is 0.335 e. The molecule has 1 aliphatic carbocycles. The number of rotatable bonds is 3. The van der Waals surface area contributed by atoms with E-state index >= 15 is 0 Å². The van der Waals surface area contributed by atoms with Gasteiger partial charge >= 0.3 is 5.97 Å². The van der Waals surface area contributed by atoms with Gasteiger partial charge in [-0.3, -0.25) is 5.41 Å². The number of fused-ring (bicyclic) bond motifs is 1. The van der Waals surface area contributed by atoms with Crippen LogP contribution in [0.2, 0.25) is 0 Å². The monoisotopic (exact) mass is 349 g/mol. The lowest BCUT2D eigenvalue weighted by molar-refractivity contribution is 0.0697. The highest BCUT2D eigenvalue weighted by Crippen LogP contribution is 2.46. The first-order valence-electron chi connectivity index (χ1n) is 9.11. The summed E-state index contributed by atoms with van der Waals surface area (Å²) in [4.78, 5) is 11.0. The first-order chi connectivity index (χ1) is 12.0. The van der Waals surface area contributed by atoms with E-state index < -0.39 is 5.97 Å². The lowest BCUT2D eigenvalue weighted by Crippen LogP contribution is -2.34. The molecule has 136 valence electrons. The van der Waals surface area contributed by atoms with Crippen molar-refractivity contribution in [1.29, 1.82) is 5.41 Å². The lowest BCUT2D eigenvalue weighted by atomic mass is 9.62. The van der Waals surface area contributed by atoms with Gasteiger partial charge in [0.15, 0.2) is 0 Å². The van der Waals surface area contributed by atoms with Crippen molar-refractivity contribution in [3.63, 3.8) is 0 Å². The molecule has 0 bridgehead atoms. The van der Waals surface area contributed by atoms with Crippen LogP contribution in [0.5, 0.6) is 0 Å². The zero-order valence-corrected chi connectivity index (χ0v) is 16.2. The Morgan fingerprint density at radius 3 is 1.88 bits per heavy atom. The minimum Gasteiger partial charge on any atom is -0.478 e. The fourth-order valence-electron chi connectivity index (χ4n) is 3.93. The third-order valence-corrected chi connectivity index (χ3v) is 5.89. The quantitative estimate of drug-likeness (QED) is 0.723. The molecule has 0 radical (unpaired) electrons. The molecule has 2 aromatic rings. The van der Waals surface area contributed by atoms with Crippen molar-refractivity contribution < 1.29 is 9.90 Å². The highest BCUT2D eigenvalue weighted by atomic mass is 16.4. The Hall–Kier alpha value is -2.42. The zero-order chi connectivity index (χ0) is 19.3. The topological polar surface area (TPSA) is 61.2 Å². The summed E-state index contributed by atoms with van der Waals surface area (Å²) >= 11 is 0. The van der Waals surface area contributed by atoms with Gasteiger partial charge in [-0.05, 0) is 65.5 Å². The molecule has 3 nitrogen and oxygen atoms in total. The molecule has 26 heavy (non-hydrogen) atoms. The summed E-state index contributed by atoms with van der Waals surface area (Å²) in [5, 5.41) is 17.7. The largest absolute Gasteiger partial charge is 0.478 e. The number of carboxylic acid groups (broad SMARTS) is 1. The summed E-state index contributed by atoms with van der Waals surface area (Å²) in [7, 11) is 0. The van der Waals surface area contributed by atoms with Crippen LogP contribution in [-0.4, -0.2) is 16.8 Å². The van der Waals surface area contributed by atoms with Gasteiger partial charge in [-0.25, -0.2) is 4.79 Å². The number of benzene rings is 2. The van der Waals surface area contributed by atoms with Crippen LogP contribution in [0.25, 0.3) is 0 Å². The number of hydrogen-bond acceptors (Lipinski definition) is 2. The molecule has 0 amide bonds. The van der Waals surface area contributed by atoms with Gasteiger partial charge in [0.1, 0.15) is 0 Å². The maximum Gasteiger partial charge on any atom is 0.335 e. The summed E-state index contributed by atoms with van der Waals surface area (Å²) in [6.45, 7) is 11.2. The fourth-order valence-corrected chi connectivity index (χ4v) is 3.93. The van der Waals surface area contributed by atoms with Crippen molar-refractivity contribution in [3.8, 4) is 0 Å². The molecule has 3 rings (SSSR count). The predicted octanol–water partition coefficient (Wildman–Crippen LogP) is 5.46.